The van der Waals surface area contributed by atoms with Crippen molar-refractivity contribution in [1.29, 1.82) is 0 Å². The molecule has 82 valence electrons. The molecule has 0 bridgehead atoms. The number of hydrogen-bond acceptors (Lipinski definition) is 1. The Hall–Kier alpha value is -1.42. The van der Waals surface area contributed by atoms with Gasteiger partial charge in [-0.15, -0.1) is 6.42 Å². The second kappa shape index (κ2) is 3.87. The molecule has 1 nitrogen and oxygen atoms in total. The first kappa shape index (κ1) is 9.78. The van der Waals surface area contributed by atoms with Gasteiger partial charge in [0.1, 0.15) is 0 Å². The molecule has 0 amide bonds. The van der Waals surface area contributed by atoms with Crippen molar-refractivity contribution < 1.29 is 0 Å². The van der Waals surface area contributed by atoms with E-state index in [1.807, 2.05) is 12.1 Å². The van der Waals surface area contributed by atoms with Gasteiger partial charge in [-0.25, -0.2) is 0 Å². The summed E-state index contributed by atoms with van der Waals surface area (Å²) in [6.45, 7) is 0. The molecule has 2 fully saturated rings. The Kier molecular flexibility index (Phi) is 2.36. The third-order valence-corrected chi connectivity index (χ3v) is 3.62. The van der Waals surface area contributed by atoms with E-state index >= 15 is 0 Å². The summed E-state index contributed by atoms with van der Waals surface area (Å²) in [5.41, 5.74) is 2.16. The summed E-state index contributed by atoms with van der Waals surface area (Å²) in [4.78, 5) is 0. The predicted molar refractivity (Wildman–Crippen MR) is 67.2 cm³/mol. The summed E-state index contributed by atoms with van der Waals surface area (Å²) in [5, 5.41) is 3.68. The number of nitrogens with one attached hydrogen (secondary N) is 1. The van der Waals surface area contributed by atoms with Gasteiger partial charge in [0.25, 0.3) is 0 Å². The van der Waals surface area contributed by atoms with Crippen molar-refractivity contribution in [2.75, 3.05) is 5.32 Å². The second-order valence-electron chi connectivity index (χ2n) is 5.07. The van der Waals surface area contributed by atoms with E-state index < -0.39 is 0 Å². The highest BCUT2D eigenvalue weighted by Gasteiger charge is 2.41. The van der Waals surface area contributed by atoms with Crippen LogP contribution in [-0.4, -0.2) is 6.04 Å². The van der Waals surface area contributed by atoms with Gasteiger partial charge in [0, 0.05) is 17.3 Å². The molecule has 0 unspecified atom stereocenters. The number of rotatable bonds is 4. The van der Waals surface area contributed by atoms with Gasteiger partial charge in [-0.05, 0) is 55.7 Å². The first-order chi connectivity index (χ1) is 7.86. The van der Waals surface area contributed by atoms with Gasteiger partial charge in [0.15, 0.2) is 0 Å². The summed E-state index contributed by atoms with van der Waals surface area (Å²) in [5.74, 6) is 4.53. The second-order valence-corrected chi connectivity index (χ2v) is 5.07. The molecular weight excluding hydrogens is 194 g/mol. The largest absolute Gasteiger partial charge is 0.382 e. The van der Waals surface area contributed by atoms with Crippen molar-refractivity contribution in [2.45, 2.75) is 31.7 Å². The summed E-state index contributed by atoms with van der Waals surface area (Å²) in [6.07, 6.45) is 11.0. The third-order valence-electron chi connectivity index (χ3n) is 3.62. The van der Waals surface area contributed by atoms with E-state index in [2.05, 4.69) is 23.4 Å². The maximum Gasteiger partial charge on any atom is 0.0355 e. The van der Waals surface area contributed by atoms with E-state index in [-0.39, 0.29) is 0 Å². The van der Waals surface area contributed by atoms with Crippen LogP contribution in [0.2, 0.25) is 0 Å². The summed E-state index contributed by atoms with van der Waals surface area (Å²) in [6, 6.07) is 8.92. The van der Waals surface area contributed by atoms with E-state index in [0.717, 1.165) is 17.4 Å². The summed E-state index contributed by atoms with van der Waals surface area (Å²) >= 11 is 0. The van der Waals surface area contributed by atoms with Crippen LogP contribution in [0.1, 0.15) is 31.2 Å². The SMILES string of the molecule is C#Cc1cccc(NC(C2CC2)C2CC2)c1. The van der Waals surface area contributed by atoms with Crippen LogP contribution in [0.15, 0.2) is 24.3 Å². The smallest absolute Gasteiger partial charge is 0.0355 e. The van der Waals surface area contributed by atoms with Crippen LogP contribution < -0.4 is 5.32 Å². The fourth-order valence-corrected chi connectivity index (χ4v) is 2.42. The number of terminal acetylenes is 1. The number of benzene rings is 1. The third kappa shape index (κ3) is 2.07. The molecule has 3 rings (SSSR count). The van der Waals surface area contributed by atoms with Gasteiger partial charge in [-0.1, -0.05) is 12.0 Å². The van der Waals surface area contributed by atoms with Crippen molar-refractivity contribution in [2.24, 2.45) is 11.8 Å². The van der Waals surface area contributed by atoms with Crippen LogP contribution in [0.4, 0.5) is 5.69 Å². The standard InChI is InChI=1S/C15H17N/c1-2-11-4-3-5-14(10-11)16-15(12-6-7-12)13-8-9-13/h1,3-5,10,12-13,15-16H,6-9H2. The number of anilines is 1. The van der Waals surface area contributed by atoms with Crippen molar-refractivity contribution in [3.8, 4) is 12.3 Å². The minimum absolute atomic E-state index is 0.702. The lowest BCUT2D eigenvalue weighted by molar-refractivity contribution is 0.568. The van der Waals surface area contributed by atoms with Crippen LogP contribution in [0.5, 0.6) is 0 Å². The van der Waals surface area contributed by atoms with E-state index in [4.69, 9.17) is 6.42 Å². The van der Waals surface area contributed by atoms with Gasteiger partial charge < -0.3 is 5.32 Å². The first-order valence-electron chi connectivity index (χ1n) is 6.20. The van der Waals surface area contributed by atoms with Crippen LogP contribution in [0, 0.1) is 24.2 Å². The normalized spacial score (nSPS) is 19.5. The minimum Gasteiger partial charge on any atom is -0.382 e. The predicted octanol–water partition coefficient (Wildman–Crippen LogP) is 3.27. The van der Waals surface area contributed by atoms with Gasteiger partial charge in [-0.3, -0.25) is 0 Å². The molecule has 2 aliphatic rings. The molecule has 0 aromatic heterocycles. The molecule has 0 spiro atoms. The molecule has 2 saturated carbocycles. The minimum atomic E-state index is 0.702. The zero-order valence-electron chi connectivity index (χ0n) is 9.45. The Morgan fingerprint density at radius 2 is 1.88 bits per heavy atom. The van der Waals surface area contributed by atoms with Gasteiger partial charge >= 0.3 is 0 Å². The Morgan fingerprint density at radius 1 is 1.19 bits per heavy atom. The van der Waals surface area contributed by atoms with Crippen molar-refractivity contribution in [1.82, 2.24) is 0 Å². The molecule has 0 radical (unpaired) electrons. The monoisotopic (exact) mass is 211 g/mol. The molecule has 2 aliphatic carbocycles. The van der Waals surface area contributed by atoms with Crippen molar-refractivity contribution >= 4 is 5.69 Å². The lowest BCUT2D eigenvalue weighted by Crippen LogP contribution is -2.24. The number of hydrogen-bond donors (Lipinski definition) is 1. The van der Waals surface area contributed by atoms with E-state index in [9.17, 15) is 0 Å². The molecule has 0 aliphatic heterocycles. The molecule has 1 aromatic rings. The highest BCUT2D eigenvalue weighted by Crippen LogP contribution is 2.45. The zero-order chi connectivity index (χ0) is 11.0. The summed E-state index contributed by atoms with van der Waals surface area (Å²) < 4.78 is 0. The quantitative estimate of drug-likeness (QED) is 0.754. The maximum atomic E-state index is 5.42. The Morgan fingerprint density at radius 3 is 2.44 bits per heavy atom. The van der Waals surface area contributed by atoms with Crippen molar-refractivity contribution in [3.63, 3.8) is 0 Å². The highest BCUT2D eigenvalue weighted by molar-refractivity contribution is 5.51. The fourth-order valence-electron chi connectivity index (χ4n) is 2.42. The molecule has 16 heavy (non-hydrogen) atoms. The lowest BCUT2D eigenvalue weighted by atomic mass is 10.1. The van der Waals surface area contributed by atoms with Crippen molar-refractivity contribution in [3.05, 3.63) is 29.8 Å². The fraction of sp³-hybridized carbons (Fsp3) is 0.467. The topological polar surface area (TPSA) is 12.0 Å². The maximum absolute atomic E-state index is 5.42. The molecule has 1 heteroatoms. The van der Waals surface area contributed by atoms with Crippen LogP contribution in [0.3, 0.4) is 0 Å². The molecule has 0 heterocycles. The van der Waals surface area contributed by atoms with E-state index in [1.165, 1.54) is 31.4 Å². The average molecular weight is 211 g/mol. The van der Waals surface area contributed by atoms with Gasteiger partial charge in [0.05, 0.1) is 0 Å². The van der Waals surface area contributed by atoms with Gasteiger partial charge in [0.2, 0.25) is 0 Å². The molecule has 1 N–H and O–H groups in total. The highest BCUT2D eigenvalue weighted by atomic mass is 15.0. The van der Waals surface area contributed by atoms with Gasteiger partial charge in [-0.2, -0.15) is 0 Å². The zero-order valence-corrected chi connectivity index (χ0v) is 9.45. The van der Waals surface area contributed by atoms with E-state index in [0.29, 0.717) is 6.04 Å². The Labute approximate surface area is 97.3 Å². The first-order valence-corrected chi connectivity index (χ1v) is 6.20. The molecule has 0 saturated heterocycles. The van der Waals surface area contributed by atoms with Crippen LogP contribution >= 0.6 is 0 Å². The Bertz CT molecular complexity index is 409. The molecule has 1 aromatic carbocycles. The van der Waals surface area contributed by atoms with Crippen LogP contribution in [0.25, 0.3) is 0 Å². The average Bonchev–Trinajstić information content (AvgIpc) is 3.18. The molecular formula is C15H17N. The summed E-state index contributed by atoms with van der Waals surface area (Å²) in [7, 11) is 0. The van der Waals surface area contributed by atoms with E-state index in [1.54, 1.807) is 0 Å². The lowest BCUT2D eigenvalue weighted by Gasteiger charge is -2.19. The Balaban J connectivity index is 1.73. The van der Waals surface area contributed by atoms with Crippen LogP contribution in [-0.2, 0) is 0 Å². The molecule has 0 atom stereocenters.